The molecule has 0 saturated heterocycles. The molecule has 0 rings (SSSR count). The van der Waals surface area contributed by atoms with Crippen molar-refractivity contribution in [1.29, 1.82) is 0 Å². The summed E-state index contributed by atoms with van der Waals surface area (Å²) >= 11 is 8.81. The molecule has 0 saturated carbocycles. The second kappa shape index (κ2) is 90.8. The number of hydrogen-bond acceptors (Lipinski definition) is 29. The number of carbonyl (C=O) groups is 10. The first kappa shape index (κ1) is 121. The summed E-state index contributed by atoms with van der Waals surface area (Å²) in [6, 6.07) is 0. The summed E-state index contributed by atoms with van der Waals surface area (Å²) in [5, 5.41) is 3.53. The number of unbranched alkanes of at least 4 members (excludes halogenated alkanes) is 29. The van der Waals surface area contributed by atoms with Gasteiger partial charge in [-0.15, -0.1) is 0 Å². The van der Waals surface area contributed by atoms with Crippen molar-refractivity contribution in [3.05, 3.63) is 0 Å². The molecule has 24 nitrogen and oxygen atoms in total. The smallest absolute Gasteiger partial charge is 0.309 e. The monoisotopic (exact) mass is 1870 g/mol. The average Bonchev–Trinajstić information content (AvgIpc) is 1.02. The largest absolute Gasteiger partial charge is 0.462 e. The molecule has 5 atom stereocenters. The fourth-order valence-corrected chi connectivity index (χ4v) is 18.5. The predicted molar refractivity (Wildman–Crippen MR) is 517 cm³/mol. The second-order valence-electron chi connectivity index (χ2n) is 33.5. The van der Waals surface area contributed by atoms with Crippen LogP contribution in [0.4, 0.5) is 0 Å². The van der Waals surface area contributed by atoms with Crippen LogP contribution in [0.5, 0.6) is 0 Å². The lowest BCUT2D eigenvalue weighted by Gasteiger charge is -2.24. The molecule has 125 heavy (non-hydrogen) atoms. The van der Waals surface area contributed by atoms with Crippen molar-refractivity contribution in [1.82, 2.24) is 20.0 Å². The third-order valence-electron chi connectivity index (χ3n) is 21.3. The van der Waals surface area contributed by atoms with E-state index in [9.17, 15) is 47.9 Å². The number of carbonyl (C=O) groups excluding carboxylic acids is 10. The first-order valence-corrected chi connectivity index (χ1v) is 54.9. The van der Waals surface area contributed by atoms with Gasteiger partial charge in [-0.05, 0) is 86.8 Å². The molecule has 0 amide bonds. The van der Waals surface area contributed by atoms with Crippen molar-refractivity contribution in [2.24, 2.45) is 29.6 Å². The first-order chi connectivity index (χ1) is 60.7. The van der Waals surface area contributed by atoms with E-state index in [1.54, 1.807) is 58.8 Å². The van der Waals surface area contributed by atoms with E-state index in [1.807, 2.05) is 39.5 Å². The Labute approximate surface area is 780 Å². The normalized spacial score (nSPS) is 12.7. The highest BCUT2D eigenvalue weighted by atomic mass is 32.2. The van der Waals surface area contributed by atoms with Crippen LogP contribution in [-0.4, -0.2) is 270 Å². The van der Waals surface area contributed by atoms with Crippen LogP contribution in [0.25, 0.3) is 0 Å². The van der Waals surface area contributed by atoms with Crippen molar-refractivity contribution >= 4 is 119 Å². The van der Waals surface area contributed by atoms with E-state index in [-0.39, 0.29) is 171 Å². The van der Waals surface area contributed by atoms with E-state index < -0.39 is 29.8 Å². The lowest BCUT2D eigenvalue weighted by Crippen LogP contribution is -2.39. The highest BCUT2D eigenvalue weighted by Gasteiger charge is 2.23. The van der Waals surface area contributed by atoms with E-state index >= 15 is 0 Å². The molecule has 0 aromatic rings. The van der Waals surface area contributed by atoms with Gasteiger partial charge in [0.15, 0.2) is 0 Å². The van der Waals surface area contributed by atoms with Gasteiger partial charge in [-0.25, -0.2) is 0 Å². The Morgan fingerprint density at radius 2 is 0.384 bits per heavy atom. The number of ether oxygens (including phenoxy) is 10. The maximum Gasteiger partial charge on any atom is 0.309 e. The van der Waals surface area contributed by atoms with Crippen molar-refractivity contribution in [2.45, 2.75) is 326 Å². The standard InChI is InChI=1S/C96H178N4O20S5/c1-11-16-21-26-34-41-72-121-77-82(6)92(106)116-67-62-111-87(101)46-55-98(56-47-88(102)112-63-68-117-93(107)83(7)78-122-73-42-35-27-22-17-12-2)53-39-32-31-33-40-54-99(57-48-89(103)113-64-69-118-94(108)84(8)79-123-74-43-36-28-23-18-13-3)60-51-97-52-61-100(58-49-90(104)114-65-70-119-95(109)85(9)80-124-75-44-37-29-24-19-14-4)59-50-91(105)115-66-71-120-96(110)86(10)81-125-76-45-38-30-25-20-15-5/h82-86,97H,11-81H2,1-10H3. The predicted octanol–water partition coefficient (Wildman–Crippen LogP) is 19.5. The van der Waals surface area contributed by atoms with Gasteiger partial charge in [0.1, 0.15) is 66.1 Å². The number of thioether (sulfide) groups is 5. The van der Waals surface area contributed by atoms with Crippen LogP contribution in [-0.2, 0) is 95.3 Å². The van der Waals surface area contributed by atoms with E-state index in [0.717, 1.165) is 93.0 Å². The maximum absolute atomic E-state index is 13.3. The molecule has 0 spiro atoms. The fraction of sp³-hybridized carbons (Fsp3) is 0.896. The van der Waals surface area contributed by atoms with Gasteiger partial charge in [0, 0.05) is 87.7 Å². The van der Waals surface area contributed by atoms with Crippen LogP contribution in [0.1, 0.15) is 326 Å². The van der Waals surface area contributed by atoms with E-state index in [2.05, 4.69) is 49.7 Å². The average molecular weight is 1870 g/mol. The van der Waals surface area contributed by atoms with Crippen molar-refractivity contribution in [2.75, 3.05) is 196 Å². The van der Waals surface area contributed by atoms with Gasteiger partial charge in [-0.3, -0.25) is 47.9 Å². The second-order valence-corrected chi connectivity index (χ2v) is 39.2. The maximum atomic E-state index is 13.3. The van der Waals surface area contributed by atoms with Gasteiger partial charge in [-0.1, -0.05) is 249 Å². The Bertz CT molecular complexity index is 2510. The quantitative estimate of drug-likeness (QED) is 0.0336. The molecule has 0 heterocycles. The summed E-state index contributed by atoms with van der Waals surface area (Å²) in [7, 11) is 0. The molecule has 29 heteroatoms. The lowest BCUT2D eigenvalue weighted by atomic mass is 10.1. The SMILES string of the molecule is CCCCCCCCSCC(C)C(=O)OCCOC(=O)CCN(CCCCCCCN(CCC(=O)OCCOC(=O)C(C)CSCCCCCCCC)CCC(=O)OCCOC(=O)C(C)CSCCCCCCCC)CCNCCN(CCC(=O)OCCOC(=O)C(C)CSCCCCCCCC)CCC(=O)OCCOC(=O)C(C)CSCCCCCCCC. The van der Waals surface area contributed by atoms with Crippen molar-refractivity contribution in [3.8, 4) is 0 Å². The van der Waals surface area contributed by atoms with Gasteiger partial charge in [0.25, 0.3) is 0 Å². The molecular formula is C96H178N4O20S5. The fourth-order valence-electron chi connectivity index (χ4n) is 13.2. The Hall–Kier alpha value is -3.71. The minimum atomic E-state index is -0.468. The zero-order valence-corrected chi connectivity index (χ0v) is 84.2. The number of nitrogens with zero attached hydrogens (tertiary/aromatic N) is 3. The number of hydrogen-bond donors (Lipinski definition) is 1. The van der Waals surface area contributed by atoms with Gasteiger partial charge in [0.2, 0.25) is 0 Å². The molecule has 0 fully saturated rings. The number of nitrogens with one attached hydrogen (secondary N) is 1. The van der Waals surface area contributed by atoms with Crippen LogP contribution >= 0.6 is 58.8 Å². The highest BCUT2D eigenvalue weighted by Crippen LogP contribution is 2.21. The van der Waals surface area contributed by atoms with Gasteiger partial charge >= 0.3 is 59.7 Å². The number of esters is 10. The zero-order chi connectivity index (χ0) is 91.9. The summed E-state index contributed by atoms with van der Waals surface area (Å²) in [5.74, 6) is 3.22. The van der Waals surface area contributed by atoms with Gasteiger partial charge < -0.3 is 67.4 Å². The van der Waals surface area contributed by atoms with E-state index in [1.165, 1.54) is 161 Å². The minimum absolute atomic E-state index is 0.0243. The molecule has 0 radical (unpaired) electrons. The Balaban J connectivity index is 6.09. The Kier molecular flexibility index (Phi) is 88.1. The van der Waals surface area contributed by atoms with Crippen molar-refractivity contribution in [3.63, 3.8) is 0 Å². The molecule has 5 unspecified atom stereocenters. The van der Waals surface area contributed by atoms with Crippen LogP contribution in [0.2, 0.25) is 0 Å². The van der Waals surface area contributed by atoms with Gasteiger partial charge in [0.05, 0.1) is 61.7 Å². The molecule has 0 aromatic carbocycles. The van der Waals surface area contributed by atoms with Crippen LogP contribution in [0.3, 0.4) is 0 Å². The topological polar surface area (TPSA) is 285 Å². The van der Waals surface area contributed by atoms with E-state index in [4.69, 9.17) is 47.4 Å². The highest BCUT2D eigenvalue weighted by molar-refractivity contribution is 8.00. The lowest BCUT2D eigenvalue weighted by molar-refractivity contribution is -0.154. The first-order valence-electron chi connectivity index (χ1n) is 49.1. The summed E-state index contributed by atoms with van der Waals surface area (Å²) in [6.07, 6.45) is 41.2. The molecule has 732 valence electrons. The van der Waals surface area contributed by atoms with E-state index in [0.29, 0.717) is 87.7 Å². The number of rotatable bonds is 94. The molecular weight excluding hydrogens is 1690 g/mol. The summed E-state index contributed by atoms with van der Waals surface area (Å²) in [4.78, 5) is 136. The molecule has 0 aliphatic rings. The third-order valence-corrected chi connectivity index (χ3v) is 27.9. The van der Waals surface area contributed by atoms with Crippen molar-refractivity contribution < 1.29 is 95.3 Å². The van der Waals surface area contributed by atoms with Gasteiger partial charge in [-0.2, -0.15) is 58.8 Å². The Morgan fingerprint density at radius 1 is 0.216 bits per heavy atom. The van der Waals surface area contributed by atoms with Crippen LogP contribution < -0.4 is 5.32 Å². The minimum Gasteiger partial charge on any atom is -0.462 e. The Morgan fingerprint density at radius 3 is 0.592 bits per heavy atom. The molecule has 1 N–H and O–H groups in total. The molecule has 0 aliphatic carbocycles. The third kappa shape index (κ3) is 80.8. The van der Waals surface area contributed by atoms with Crippen LogP contribution in [0, 0.1) is 29.6 Å². The van der Waals surface area contributed by atoms with Crippen LogP contribution in [0.15, 0.2) is 0 Å². The zero-order valence-electron chi connectivity index (χ0n) is 80.1. The molecule has 0 bridgehead atoms. The molecule has 0 aromatic heterocycles. The molecule has 0 aliphatic heterocycles. The summed E-state index contributed by atoms with van der Waals surface area (Å²) < 4.78 is 55.0. The summed E-state index contributed by atoms with van der Waals surface area (Å²) in [6.45, 7) is 24.9. The summed E-state index contributed by atoms with van der Waals surface area (Å²) in [5.41, 5.74) is 0.